The lowest BCUT2D eigenvalue weighted by Crippen LogP contribution is -2.19. The molecule has 0 bridgehead atoms. The van der Waals surface area contributed by atoms with Crippen LogP contribution in [0.1, 0.15) is 58.9 Å². The Morgan fingerprint density at radius 2 is 1.04 bits per heavy atom. The van der Waals surface area contributed by atoms with Gasteiger partial charge in [0.25, 0.3) is 0 Å². The van der Waals surface area contributed by atoms with Crippen LogP contribution in [0.25, 0.3) is 5.57 Å². The summed E-state index contributed by atoms with van der Waals surface area (Å²) >= 11 is 1.04. The van der Waals surface area contributed by atoms with Crippen molar-refractivity contribution < 1.29 is 38.1 Å². The molecule has 288 valence electrons. The van der Waals surface area contributed by atoms with Gasteiger partial charge in [0.2, 0.25) is 0 Å². The monoisotopic (exact) mass is 780 g/mol. The number of anilines is 1. The molecular weight excluding hydrogens is 741 g/mol. The highest BCUT2D eigenvalue weighted by Gasteiger charge is 2.30. The lowest BCUT2D eigenvalue weighted by molar-refractivity contribution is -0.145. The van der Waals surface area contributed by atoms with Gasteiger partial charge in [-0.3, -0.25) is 10.1 Å². The molecule has 0 saturated carbocycles. The maximum absolute atomic E-state index is 14.6. The second-order valence-electron chi connectivity index (χ2n) is 12.7. The van der Waals surface area contributed by atoms with Gasteiger partial charge in [0, 0.05) is 11.8 Å². The molecule has 1 heterocycles. The summed E-state index contributed by atoms with van der Waals surface area (Å²) in [7, 11) is 0. The van der Waals surface area contributed by atoms with Crippen LogP contribution in [0.15, 0.2) is 163 Å². The van der Waals surface area contributed by atoms with Gasteiger partial charge >= 0.3 is 24.0 Å². The van der Waals surface area contributed by atoms with Crippen molar-refractivity contribution in [3.05, 3.63) is 196 Å². The molecule has 1 aromatic heterocycles. The Hall–Kier alpha value is -6.85. The fourth-order valence-electron chi connectivity index (χ4n) is 5.78. The van der Waals surface area contributed by atoms with E-state index in [-0.39, 0.29) is 61.1 Å². The van der Waals surface area contributed by atoms with E-state index in [9.17, 15) is 19.2 Å². The summed E-state index contributed by atoms with van der Waals surface area (Å²) < 4.78 is 22.9. The number of ether oxygens (including phenoxy) is 4. The predicted molar refractivity (Wildman–Crippen MR) is 216 cm³/mol. The summed E-state index contributed by atoms with van der Waals surface area (Å²) in [6.07, 6.45) is -1.56. The van der Waals surface area contributed by atoms with Crippen molar-refractivity contribution in [3.63, 3.8) is 0 Å². The van der Waals surface area contributed by atoms with Gasteiger partial charge in [0.1, 0.15) is 19.8 Å². The summed E-state index contributed by atoms with van der Waals surface area (Å²) in [5, 5.41) is 4.28. The first-order chi connectivity index (χ1) is 27.9. The number of rotatable bonds is 17. The molecule has 5 aromatic carbocycles. The van der Waals surface area contributed by atoms with Gasteiger partial charge in [0.15, 0.2) is 11.2 Å². The largest absolute Gasteiger partial charge is 0.461 e. The van der Waals surface area contributed by atoms with Crippen molar-refractivity contribution in [2.45, 2.75) is 45.2 Å². The third-order valence-corrected chi connectivity index (χ3v) is 9.38. The van der Waals surface area contributed by atoms with Crippen LogP contribution < -0.4 is 5.32 Å². The number of benzene rings is 5. The van der Waals surface area contributed by atoms with E-state index in [2.05, 4.69) is 10.3 Å². The molecule has 0 spiro atoms. The maximum Gasteiger partial charge on any atom is 0.413 e. The number of esters is 3. The van der Waals surface area contributed by atoms with Crippen LogP contribution in [0.3, 0.4) is 0 Å². The van der Waals surface area contributed by atoms with E-state index >= 15 is 0 Å². The standard InChI is InChI=1S/C46H40N2O8S/c49-40(53-29-33-17-6-1-7-18-33)28-16-27-38(43(50)54-30-34-19-8-2-9-20-34)41(39-32-57-45(47-39)48-46(52)55-31-35-21-10-3-11-22-35)44(51)56-42(36-23-12-4-13-24-36)37-25-14-5-15-26-37/h1-15,17-26,32,42H,16,27-31H2,(H,47,48,52). The van der Waals surface area contributed by atoms with Crippen LogP contribution in [-0.2, 0) is 53.2 Å². The van der Waals surface area contributed by atoms with Crippen molar-refractivity contribution in [2.24, 2.45) is 0 Å². The Bertz CT molecular complexity index is 2210. The number of nitrogens with zero attached hydrogens (tertiary/aromatic N) is 1. The second kappa shape index (κ2) is 20.7. The maximum atomic E-state index is 14.6. The first-order valence-corrected chi connectivity index (χ1v) is 19.2. The zero-order valence-corrected chi connectivity index (χ0v) is 31.8. The van der Waals surface area contributed by atoms with E-state index in [1.165, 1.54) is 0 Å². The number of thiazole rings is 1. The molecule has 0 radical (unpaired) electrons. The number of carbonyl (C=O) groups is 4. The SMILES string of the molecule is O=C(CCCC(C(=O)OCc1ccccc1)=C(C(=O)OC(c1ccccc1)c1ccccc1)c1csc(NC(=O)OCc2ccccc2)n1)OCc1ccccc1. The van der Waals surface area contributed by atoms with Gasteiger partial charge in [-0.25, -0.2) is 19.4 Å². The Kier molecular flexibility index (Phi) is 14.5. The van der Waals surface area contributed by atoms with E-state index in [1.807, 2.05) is 152 Å². The van der Waals surface area contributed by atoms with Gasteiger partial charge in [-0.1, -0.05) is 152 Å². The molecule has 1 N–H and O–H groups in total. The van der Waals surface area contributed by atoms with Crippen LogP contribution in [0.2, 0.25) is 0 Å². The van der Waals surface area contributed by atoms with Crippen molar-refractivity contribution in [1.29, 1.82) is 0 Å². The number of hydrogen-bond acceptors (Lipinski definition) is 10. The molecule has 0 fully saturated rings. The Balaban J connectivity index is 1.32. The van der Waals surface area contributed by atoms with E-state index in [1.54, 1.807) is 5.38 Å². The smallest absolute Gasteiger partial charge is 0.413 e. The molecule has 6 rings (SSSR count). The molecule has 0 unspecified atom stereocenters. The first-order valence-electron chi connectivity index (χ1n) is 18.3. The third kappa shape index (κ3) is 12.1. The van der Waals surface area contributed by atoms with Gasteiger partial charge in [-0.15, -0.1) is 11.3 Å². The number of carbonyl (C=O) groups excluding carboxylic acids is 4. The highest BCUT2D eigenvalue weighted by molar-refractivity contribution is 7.14. The van der Waals surface area contributed by atoms with Crippen molar-refractivity contribution in [3.8, 4) is 0 Å². The molecule has 1 amide bonds. The van der Waals surface area contributed by atoms with Gasteiger partial charge in [-0.05, 0) is 40.7 Å². The summed E-state index contributed by atoms with van der Waals surface area (Å²) in [5.74, 6) is -2.11. The van der Waals surface area contributed by atoms with Crippen molar-refractivity contribution in [1.82, 2.24) is 4.98 Å². The fraction of sp³-hybridized carbons (Fsp3) is 0.152. The van der Waals surface area contributed by atoms with E-state index in [0.717, 1.165) is 28.0 Å². The van der Waals surface area contributed by atoms with Crippen LogP contribution in [0.5, 0.6) is 0 Å². The topological polar surface area (TPSA) is 130 Å². The van der Waals surface area contributed by atoms with Crippen molar-refractivity contribution in [2.75, 3.05) is 5.32 Å². The third-order valence-electron chi connectivity index (χ3n) is 8.63. The molecular formula is C46H40N2O8S. The van der Waals surface area contributed by atoms with Crippen LogP contribution in [0.4, 0.5) is 9.93 Å². The van der Waals surface area contributed by atoms with Crippen LogP contribution in [-0.4, -0.2) is 29.0 Å². The molecule has 0 aliphatic heterocycles. The number of aromatic nitrogens is 1. The number of nitrogens with one attached hydrogen (secondary N) is 1. The Morgan fingerprint density at radius 3 is 1.56 bits per heavy atom. The minimum Gasteiger partial charge on any atom is -0.461 e. The summed E-state index contributed by atoms with van der Waals surface area (Å²) in [6.45, 7) is 0.0636. The Labute approximate surface area is 334 Å². The molecule has 0 saturated heterocycles. The van der Waals surface area contributed by atoms with Crippen LogP contribution in [0, 0.1) is 0 Å². The average Bonchev–Trinajstić information content (AvgIpc) is 3.72. The molecule has 0 aliphatic rings. The molecule has 57 heavy (non-hydrogen) atoms. The quantitative estimate of drug-likeness (QED) is 0.0546. The fourth-order valence-corrected chi connectivity index (χ4v) is 6.47. The van der Waals surface area contributed by atoms with Gasteiger partial charge in [-0.2, -0.15) is 0 Å². The second-order valence-corrected chi connectivity index (χ2v) is 13.6. The summed E-state index contributed by atoms with van der Waals surface area (Å²) in [4.78, 5) is 59.0. The first kappa shape index (κ1) is 39.8. The summed E-state index contributed by atoms with van der Waals surface area (Å²) in [6, 6.07) is 46.1. The van der Waals surface area contributed by atoms with E-state index in [4.69, 9.17) is 18.9 Å². The number of amides is 1. The number of hydrogen-bond donors (Lipinski definition) is 1. The zero-order valence-electron chi connectivity index (χ0n) is 31.0. The lowest BCUT2D eigenvalue weighted by Gasteiger charge is -2.21. The lowest BCUT2D eigenvalue weighted by atomic mass is 9.98. The Morgan fingerprint density at radius 1 is 0.561 bits per heavy atom. The van der Waals surface area contributed by atoms with E-state index in [0.29, 0.717) is 11.1 Å². The van der Waals surface area contributed by atoms with E-state index < -0.39 is 30.1 Å². The van der Waals surface area contributed by atoms with Gasteiger partial charge in [0.05, 0.1) is 16.8 Å². The summed E-state index contributed by atoms with van der Waals surface area (Å²) in [5.41, 5.74) is 3.64. The average molecular weight is 781 g/mol. The highest BCUT2D eigenvalue weighted by atomic mass is 32.1. The molecule has 11 heteroatoms. The minimum atomic E-state index is -0.853. The molecule has 0 atom stereocenters. The normalized spacial score (nSPS) is 11.2. The van der Waals surface area contributed by atoms with Crippen molar-refractivity contribution >= 4 is 46.0 Å². The highest BCUT2D eigenvalue weighted by Crippen LogP contribution is 2.33. The minimum absolute atomic E-state index is 0.0356. The molecule has 0 aliphatic carbocycles. The molecule has 6 aromatic rings. The predicted octanol–water partition coefficient (Wildman–Crippen LogP) is 9.64. The zero-order chi connectivity index (χ0) is 39.7. The van der Waals surface area contributed by atoms with Gasteiger partial charge < -0.3 is 18.9 Å². The molecule has 10 nitrogen and oxygen atoms in total. The van der Waals surface area contributed by atoms with Crippen LogP contribution >= 0.6 is 11.3 Å².